The van der Waals surface area contributed by atoms with Crippen LogP contribution in [0, 0.1) is 0 Å². The first-order chi connectivity index (χ1) is 11.7. The molecule has 1 aliphatic heterocycles. The second kappa shape index (κ2) is 7.49. The number of hydrogen-bond donors (Lipinski definition) is 1. The van der Waals surface area contributed by atoms with Crippen LogP contribution >= 0.6 is 0 Å². The van der Waals surface area contributed by atoms with Crippen LogP contribution in [0.25, 0.3) is 17.0 Å². The average Bonchev–Trinajstić information content (AvgIpc) is 2.94. The predicted molar refractivity (Wildman–Crippen MR) is 94.2 cm³/mol. The average molecular weight is 329 g/mol. The molecule has 3 heterocycles. The molecule has 1 fully saturated rings. The summed E-state index contributed by atoms with van der Waals surface area (Å²) in [4.78, 5) is 18.0. The fourth-order valence-corrected chi connectivity index (χ4v) is 2.95. The van der Waals surface area contributed by atoms with E-state index >= 15 is 0 Å². The minimum atomic E-state index is 0.291. The van der Waals surface area contributed by atoms with Crippen molar-refractivity contribution in [2.24, 2.45) is 0 Å². The van der Waals surface area contributed by atoms with Gasteiger partial charge >= 0.3 is 0 Å². The number of piperidine rings is 1. The van der Waals surface area contributed by atoms with Crippen LogP contribution in [0.2, 0.25) is 0 Å². The van der Waals surface area contributed by atoms with Crippen LogP contribution in [0.15, 0.2) is 22.9 Å². The summed E-state index contributed by atoms with van der Waals surface area (Å²) in [6, 6.07) is 2.36. The summed E-state index contributed by atoms with van der Waals surface area (Å²) in [7, 11) is 2.14. The van der Waals surface area contributed by atoms with E-state index in [0.29, 0.717) is 24.0 Å². The van der Waals surface area contributed by atoms with Crippen LogP contribution in [-0.2, 0) is 4.74 Å². The van der Waals surface area contributed by atoms with Crippen LogP contribution in [-0.4, -0.2) is 49.0 Å². The number of nitrogens with one attached hydrogen (secondary N) is 1. The fourth-order valence-electron chi connectivity index (χ4n) is 2.95. The molecule has 128 valence electrons. The summed E-state index contributed by atoms with van der Waals surface area (Å²) in [5, 5.41) is 4.35. The van der Waals surface area contributed by atoms with Crippen molar-refractivity contribution in [3.63, 3.8) is 0 Å². The van der Waals surface area contributed by atoms with E-state index in [-0.39, 0.29) is 0 Å². The van der Waals surface area contributed by atoms with E-state index in [0.717, 1.165) is 49.0 Å². The van der Waals surface area contributed by atoms with Gasteiger partial charge in [-0.25, -0.2) is 4.98 Å². The molecule has 0 aromatic carbocycles. The maximum Gasteiger partial charge on any atom is 0.185 e. The molecule has 0 atom stereocenters. The van der Waals surface area contributed by atoms with Gasteiger partial charge in [0.2, 0.25) is 0 Å². The molecule has 6 heteroatoms. The summed E-state index contributed by atoms with van der Waals surface area (Å²) in [5.74, 6) is 1.10. The third-order valence-electron chi connectivity index (χ3n) is 4.32. The number of anilines is 1. The van der Waals surface area contributed by atoms with Crippen molar-refractivity contribution in [1.29, 1.82) is 0 Å². The standard InChI is InChI=1S/C18H23N3O3/c1-3-23-9-6-14-15-10-18(19-11-16(15)24-17(14)12-22)20-13-4-7-21(2)8-5-13/h6,9-13H,3-5,7-8H2,1-2H3,(H,19,20)/b9-6+. The second-order valence-corrected chi connectivity index (χ2v) is 6.04. The monoisotopic (exact) mass is 329 g/mol. The van der Waals surface area contributed by atoms with Crippen LogP contribution in [0.4, 0.5) is 5.82 Å². The van der Waals surface area contributed by atoms with Gasteiger partial charge in [0, 0.05) is 17.0 Å². The van der Waals surface area contributed by atoms with Crippen molar-refractivity contribution in [3.8, 4) is 0 Å². The SMILES string of the molecule is CCO/C=C/c1c(C=O)oc2cnc(NC3CCN(C)CC3)cc12. The Labute approximate surface area is 141 Å². The Bertz CT molecular complexity index is 730. The van der Waals surface area contributed by atoms with Crippen LogP contribution in [0.5, 0.6) is 0 Å². The minimum Gasteiger partial charge on any atom is -0.501 e. The third kappa shape index (κ3) is 3.59. The van der Waals surface area contributed by atoms with E-state index in [1.165, 1.54) is 0 Å². The van der Waals surface area contributed by atoms with Crippen molar-refractivity contribution in [2.45, 2.75) is 25.8 Å². The second-order valence-electron chi connectivity index (χ2n) is 6.04. The molecule has 2 aromatic rings. The number of nitrogens with zero attached hydrogens (tertiary/aromatic N) is 2. The normalized spacial score (nSPS) is 16.8. The lowest BCUT2D eigenvalue weighted by atomic mass is 10.1. The molecule has 1 N–H and O–H groups in total. The molecule has 0 bridgehead atoms. The molecular weight excluding hydrogens is 306 g/mol. The van der Waals surface area contributed by atoms with Crippen LogP contribution in [0.3, 0.4) is 0 Å². The summed E-state index contributed by atoms with van der Waals surface area (Å²) in [6.07, 6.45) is 7.92. The molecule has 0 spiro atoms. The molecule has 1 aliphatic rings. The van der Waals surface area contributed by atoms with Crippen molar-refractivity contribution in [3.05, 3.63) is 29.8 Å². The van der Waals surface area contributed by atoms with E-state index in [2.05, 4.69) is 22.2 Å². The minimum absolute atomic E-state index is 0.291. The molecule has 0 amide bonds. The number of pyridine rings is 1. The molecule has 2 aromatic heterocycles. The van der Waals surface area contributed by atoms with Crippen LogP contribution < -0.4 is 5.32 Å². The highest BCUT2D eigenvalue weighted by atomic mass is 16.5. The molecule has 1 saturated heterocycles. The highest BCUT2D eigenvalue weighted by Crippen LogP contribution is 2.28. The van der Waals surface area contributed by atoms with Gasteiger partial charge < -0.3 is 19.4 Å². The highest BCUT2D eigenvalue weighted by Gasteiger charge is 2.18. The van der Waals surface area contributed by atoms with Gasteiger partial charge in [-0.2, -0.15) is 0 Å². The van der Waals surface area contributed by atoms with Gasteiger partial charge in [0.25, 0.3) is 0 Å². The van der Waals surface area contributed by atoms with Crippen molar-refractivity contribution in [2.75, 3.05) is 32.1 Å². The van der Waals surface area contributed by atoms with E-state index in [4.69, 9.17) is 9.15 Å². The number of aldehydes is 1. The van der Waals surface area contributed by atoms with Gasteiger partial charge in [0.05, 0.1) is 19.1 Å². The number of carbonyl (C=O) groups is 1. The Kier molecular flexibility index (Phi) is 5.15. The van der Waals surface area contributed by atoms with Gasteiger partial charge in [-0.1, -0.05) is 0 Å². The number of fused-ring (bicyclic) bond motifs is 1. The number of hydrogen-bond acceptors (Lipinski definition) is 6. The van der Waals surface area contributed by atoms with Crippen molar-refractivity contribution < 1.29 is 13.9 Å². The smallest absolute Gasteiger partial charge is 0.185 e. The number of ether oxygens (including phenoxy) is 1. The molecule has 3 rings (SSSR count). The van der Waals surface area contributed by atoms with E-state index in [1.54, 1.807) is 18.5 Å². The van der Waals surface area contributed by atoms with E-state index in [9.17, 15) is 4.79 Å². The zero-order valence-corrected chi connectivity index (χ0v) is 14.1. The fraction of sp³-hybridized carbons (Fsp3) is 0.444. The summed E-state index contributed by atoms with van der Waals surface area (Å²) < 4.78 is 10.8. The van der Waals surface area contributed by atoms with Gasteiger partial charge in [0.1, 0.15) is 5.82 Å². The third-order valence-corrected chi connectivity index (χ3v) is 4.32. The molecule has 0 unspecified atom stereocenters. The van der Waals surface area contributed by atoms with Gasteiger partial charge in [-0.05, 0) is 52.0 Å². The Morgan fingerprint density at radius 2 is 2.25 bits per heavy atom. The number of likely N-dealkylation sites (tertiary alicyclic amines) is 1. The van der Waals surface area contributed by atoms with Crippen LogP contribution in [0.1, 0.15) is 35.9 Å². The highest BCUT2D eigenvalue weighted by molar-refractivity contribution is 5.96. The lowest BCUT2D eigenvalue weighted by Gasteiger charge is -2.29. The number of aromatic nitrogens is 1. The predicted octanol–water partition coefficient (Wildman–Crippen LogP) is 3.15. The van der Waals surface area contributed by atoms with E-state index in [1.807, 2.05) is 13.0 Å². The molecule has 6 nitrogen and oxygen atoms in total. The number of rotatable bonds is 6. The van der Waals surface area contributed by atoms with E-state index < -0.39 is 0 Å². The lowest BCUT2D eigenvalue weighted by Crippen LogP contribution is -2.36. The largest absolute Gasteiger partial charge is 0.501 e. The first-order valence-electron chi connectivity index (χ1n) is 8.32. The first-order valence-corrected chi connectivity index (χ1v) is 8.32. The summed E-state index contributed by atoms with van der Waals surface area (Å²) >= 11 is 0. The van der Waals surface area contributed by atoms with Gasteiger partial charge in [0.15, 0.2) is 17.6 Å². The summed E-state index contributed by atoms with van der Waals surface area (Å²) in [6.45, 7) is 4.66. The quantitative estimate of drug-likeness (QED) is 0.648. The Balaban J connectivity index is 1.85. The van der Waals surface area contributed by atoms with Gasteiger partial charge in [-0.15, -0.1) is 0 Å². The maximum atomic E-state index is 11.3. The zero-order valence-electron chi connectivity index (χ0n) is 14.1. The van der Waals surface area contributed by atoms with Gasteiger partial charge in [-0.3, -0.25) is 4.79 Å². The molecule has 0 saturated carbocycles. The molecule has 0 radical (unpaired) electrons. The molecule has 0 aliphatic carbocycles. The summed E-state index contributed by atoms with van der Waals surface area (Å²) in [5.41, 5.74) is 1.32. The Morgan fingerprint density at radius 3 is 2.96 bits per heavy atom. The molecule has 24 heavy (non-hydrogen) atoms. The number of carbonyl (C=O) groups excluding carboxylic acids is 1. The Morgan fingerprint density at radius 1 is 1.46 bits per heavy atom. The zero-order chi connectivity index (χ0) is 16.9. The Hall–Kier alpha value is -2.34. The topological polar surface area (TPSA) is 67.6 Å². The lowest BCUT2D eigenvalue weighted by molar-refractivity contribution is 0.110. The first kappa shape index (κ1) is 16.5. The van der Waals surface area contributed by atoms with Crippen molar-refractivity contribution in [1.82, 2.24) is 9.88 Å². The number of furan rings is 1. The molecular formula is C18H23N3O3. The maximum absolute atomic E-state index is 11.3. The van der Waals surface area contributed by atoms with Crippen molar-refractivity contribution >= 4 is 29.1 Å².